The number of nitrogens with zero attached hydrogens (tertiary/aromatic N) is 3. The van der Waals surface area contributed by atoms with E-state index in [2.05, 4.69) is 9.97 Å². The molecule has 0 radical (unpaired) electrons. The van der Waals surface area contributed by atoms with Crippen LogP contribution in [0.2, 0.25) is 0 Å². The van der Waals surface area contributed by atoms with Gasteiger partial charge in [0.05, 0.1) is 15.1 Å². The Hall–Kier alpha value is -2.51. The van der Waals surface area contributed by atoms with Crippen LogP contribution >= 0.6 is 22.7 Å². The van der Waals surface area contributed by atoms with Crippen molar-refractivity contribution in [2.45, 2.75) is 6.92 Å². The molecule has 0 aliphatic carbocycles. The predicted octanol–water partition coefficient (Wildman–Crippen LogP) is 4.60. The average molecular weight is 355 g/mol. The van der Waals surface area contributed by atoms with Crippen molar-refractivity contribution in [2.75, 3.05) is 11.9 Å². The number of amides is 1. The fourth-order valence-electron chi connectivity index (χ4n) is 2.35. The first-order valence-corrected chi connectivity index (χ1v) is 8.98. The maximum atomic E-state index is 12.8. The Balaban J connectivity index is 1.67. The van der Waals surface area contributed by atoms with Gasteiger partial charge in [0.1, 0.15) is 5.76 Å². The van der Waals surface area contributed by atoms with Gasteiger partial charge in [0.2, 0.25) is 5.89 Å². The van der Waals surface area contributed by atoms with Crippen molar-refractivity contribution < 1.29 is 9.21 Å². The minimum absolute atomic E-state index is 0.224. The van der Waals surface area contributed by atoms with Crippen LogP contribution in [-0.2, 0) is 0 Å². The average Bonchev–Trinajstić information content (AvgIpc) is 3.31. The molecule has 1 aromatic carbocycles. The minimum atomic E-state index is -0.224. The standard InChI is InChI=1S/C17H13N3O2S2/c1-10-14(19-15(22-10)13-8-5-9-23-13)16(21)20(2)17-18-11-6-3-4-7-12(11)24-17/h3-9H,1-2H3. The molecule has 120 valence electrons. The van der Waals surface area contributed by atoms with E-state index in [9.17, 15) is 4.79 Å². The van der Waals surface area contributed by atoms with Crippen LogP contribution < -0.4 is 4.90 Å². The molecule has 24 heavy (non-hydrogen) atoms. The van der Waals surface area contributed by atoms with Crippen molar-refractivity contribution >= 4 is 43.9 Å². The van der Waals surface area contributed by atoms with Crippen LogP contribution in [0, 0.1) is 6.92 Å². The van der Waals surface area contributed by atoms with Crippen molar-refractivity contribution in [1.29, 1.82) is 0 Å². The number of aromatic nitrogens is 2. The van der Waals surface area contributed by atoms with Crippen molar-refractivity contribution in [3.63, 3.8) is 0 Å². The zero-order valence-electron chi connectivity index (χ0n) is 13.0. The molecular weight excluding hydrogens is 342 g/mol. The number of fused-ring (bicyclic) bond motifs is 1. The molecule has 0 aliphatic rings. The molecule has 4 aromatic rings. The van der Waals surface area contributed by atoms with E-state index < -0.39 is 0 Å². The van der Waals surface area contributed by atoms with E-state index in [1.54, 1.807) is 14.0 Å². The molecule has 0 unspecified atom stereocenters. The summed E-state index contributed by atoms with van der Waals surface area (Å²) in [5.74, 6) is 0.762. The molecule has 0 fully saturated rings. The van der Waals surface area contributed by atoms with Gasteiger partial charge in [-0.05, 0) is 30.5 Å². The van der Waals surface area contributed by atoms with Crippen LogP contribution in [0.25, 0.3) is 21.0 Å². The predicted molar refractivity (Wildman–Crippen MR) is 96.9 cm³/mol. The first-order valence-electron chi connectivity index (χ1n) is 7.28. The Morgan fingerprint density at radius 3 is 2.75 bits per heavy atom. The molecular formula is C17H13N3O2S2. The van der Waals surface area contributed by atoms with E-state index in [4.69, 9.17) is 4.42 Å². The summed E-state index contributed by atoms with van der Waals surface area (Å²) in [7, 11) is 1.71. The van der Waals surface area contributed by atoms with E-state index >= 15 is 0 Å². The first kappa shape index (κ1) is 15.0. The number of para-hydroxylation sites is 1. The van der Waals surface area contributed by atoms with Gasteiger partial charge in [-0.25, -0.2) is 9.97 Å². The zero-order valence-corrected chi connectivity index (χ0v) is 14.6. The minimum Gasteiger partial charge on any atom is -0.440 e. The molecule has 0 bridgehead atoms. The normalized spacial score (nSPS) is 11.1. The maximum Gasteiger partial charge on any atom is 0.282 e. The van der Waals surface area contributed by atoms with Gasteiger partial charge in [0, 0.05) is 7.05 Å². The number of rotatable bonds is 3. The zero-order chi connectivity index (χ0) is 16.7. The van der Waals surface area contributed by atoms with E-state index in [0.29, 0.717) is 22.5 Å². The number of carbonyl (C=O) groups is 1. The highest BCUT2D eigenvalue weighted by molar-refractivity contribution is 7.22. The van der Waals surface area contributed by atoms with Gasteiger partial charge < -0.3 is 4.42 Å². The third-order valence-electron chi connectivity index (χ3n) is 3.61. The van der Waals surface area contributed by atoms with E-state index in [0.717, 1.165) is 15.1 Å². The summed E-state index contributed by atoms with van der Waals surface area (Å²) in [6.07, 6.45) is 0. The molecule has 3 heterocycles. The van der Waals surface area contributed by atoms with Gasteiger partial charge in [-0.2, -0.15) is 0 Å². The molecule has 0 atom stereocenters. The molecule has 0 aliphatic heterocycles. The highest BCUT2D eigenvalue weighted by Crippen LogP contribution is 2.30. The number of thiazole rings is 1. The lowest BCUT2D eigenvalue weighted by molar-refractivity contribution is 0.0987. The van der Waals surface area contributed by atoms with Crippen LogP contribution in [0.4, 0.5) is 5.13 Å². The van der Waals surface area contributed by atoms with Crippen LogP contribution in [0.1, 0.15) is 16.2 Å². The van der Waals surface area contributed by atoms with Gasteiger partial charge >= 0.3 is 0 Å². The third-order valence-corrected chi connectivity index (χ3v) is 5.58. The maximum absolute atomic E-state index is 12.8. The number of aryl methyl sites for hydroxylation is 1. The van der Waals surface area contributed by atoms with Gasteiger partial charge in [0.15, 0.2) is 10.8 Å². The number of oxazole rings is 1. The molecule has 0 N–H and O–H groups in total. The summed E-state index contributed by atoms with van der Waals surface area (Å²) in [6, 6.07) is 11.7. The summed E-state index contributed by atoms with van der Waals surface area (Å²) in [6.45, 7) is 1.75. The Bertz CT molecular complexity index is 985. The quantitative estimate of drug-likeness (QED) is 0.539. The van der Waals surface area contributed by atoms with Crippen molar-refractivity contribution in [1.82, 2.24) is 9.97 Å². The van der Waals surface area contributed by atoms with Gasteiger partial charge in [-0.15, -0.1) is 11.3 Å². The molecule has 4 rings (SSSR count). The highest BCUT2D eigenvalue weighted by Gasteiger charge is 2.24. The van der Waals surface area contributed by atoms with E-state index in [-0.39, 0.29) is 5.91 Å². The number of benzene rings is 1. The molecule has 3 aromatic heterocycles. The highest BCUT2D eigenvalue weighted by atomic mass is 32.1. The molecule has 0 saturated heterocycles. The fraction of sp³-hybridized carbons (Fsp3) is 0.118. The first-order chi connectivity index (χ1) is 11.6. The Labute approximate surface area is 146 Å². The lowest BCUT2D eigenvalue weighted by Gasteiger charge is -2.11. The SMILES string of the molecule is Cc1oc(-c2cccs2)nc1C(=O)N(C)c1nc2ccccc2s1. The number of hydrogen-bond acceptors (Lipinski definition) is 6. The molecule has 0 saturated carbocycles. The monoisotopic (exact) mass is 355 g/mol. The molecule has 1 amide bonds. The molecule has 7 heteroatoms. The summed E-state index contributed by atoms with van der Waals surface area (Å²) in [4.78, 5) is 24.1. The molecule has 0 spiro atoms. The van der Waals surface area contributed by atoms with Crippen LogP contribution in [-0.4, -0.2) is 22.9 Å². The lowest BCUT2D eigenvalue weighted by atomic mass is 10.3. The number of thiophene rings is 1. The van der Waals surface area contributed by atoms with Gasteiger partial charge in [0.25, 0.3) is 5.91 Å². The lowest BCUT2D eigenvalue weighted by Crippen LogP contribution is -2.27. The topological polar surface area (TPSA) is 59.2 Å². The van der Waals surface area contributed by atoms with Crippen LogP contribution in [0.5, 0.6) is 0 Å². The Morgan fingerprint density at radius 2 is 2.00 bits per heavy atom. The Kier molecular flexibility index (Phi) is 3.66. The fourth-order valence-corrected chi connectivity index (χ4v) is 3.92. The van der Waals surface area contributed by atoms with Gasteiger partial charge in [-0.3, -0.25) is 9.69 Å². The summed E-state index contributed by atoms with van der Waals surface area (Å²) in [5.41, 5.74) is 1.20. The van der Waals surface area contributed by atoms with Gasteiger partial charge in [-0.1, -0.05) is 29.5 Å². The number of hydrogen-bond donors (Lipinski definition) is 0. The molecule has 5 nitrogen and oxygen atoms in total. The smallest absolute Gasteiger partial charge is 0.282 e. The second-order valence-corrected chi connectivity index (χ2v) is 7.19. The van der Waals surface area contributed by atoms with Crippen molar-refractivity contribution in [3.05, 3.63) is 53.2 Å². The second-order valence-electron chi connectivity index (χ2n) is 5.23. The summed E-state index contributed by atoms with van der Waals surface area (Å²) >= 11 is 3.00. The number of carbonyl (C=O) groups excluding carboxylic acids is 1. The number of anilines is 1. The van der Waals surface area contributed by atoms with E-state index in [1.807, 2.05) is 41.8 Å². The largest absolute Gasteiger partial charge is 0.440 e. The summed E-state index contributed by atoms with van der Waals surface area (Å²) in [5, 5.41) is 2.59. The van der Waals surface area contributed by atoms with Crippen molar-refractivity contribution in [3.8, 4) is 10.8 Å². The second kappa shape index (κ2) is 5.85. The Morgan fingerprint density at radius 1 is 1.17 bits per heavy atom. The summed E-state index contributed by atoms with van der Waals surface area (Å²) < 4.78 is 6.70. The van der Waals surface area contributed by atoms with Crippen molar-refractivity contribution in [2.24, 2.45) is 0 Å². The van der Waals surface area contributed by atoms with Crippen LogP contribution in [0.3, 0.4) is 0 Å². The van der Waals surface area contributed by atoms with Crippen LogP contribution in [0.15, 0.2) is 46.2 Å². The third kappa shape index (κ3) is 2.51. The van der Waals surface area contributed by atoms with E-state index in [1.165, 1.54) is 27.6 Å².